The largest absolute Gasteiger partial charge is 0.386 e. The summed E-state index contributed by atoms with van der Waals surface area (Å²) in [6, 6.07) is 12.5. The van der Waals surface area contributed by atoms with Crippen molar-refractivity contribution in [3.05, 3.63) is 95.3 Å². The molecule has 38 heavy (non-hydrogen) atoms. The van der Waals surface area contributed by atoms with Gasteiger partial charge < -0.3 is 4.74 Å². The lowest BCUT2D eigenvalue weighted by Crippen LogP contribution is -2.22. The first-order valence-electron chi connectivity index (χ1n) is 14.5. The van der Waals surface area contributed by atoms with Crippen LogP contribution < -0.4 is 0 Å². The molecule has 0 bridgehead atoms. The van der Waals surface area contributed by atoms with Gasteiger partial charge in [-0.3, -0.25) is 0 Å². The predicted molar refractivity (Wildman–Crippen MR) is 150 cm³/mol. The number of ether oxygens (including phenoxy) is 1. The van der Waals surface area contributed by atoms with Gasteiger partial charge in [-0.15, -0.1) is 6.58 Å². The zero-order valence-corrected chi connectivity index (χ0v) is 22.8. The third-order valence-corrected chi connectivity index (χ3v) is 8.77. The average Bonchev–Trinajstić information content (AvgIpc) is 2.93. The Balaban J connectivity index is 1.25. The van der Waals surface area contributed by atoms with Gasteiger partial charge in [0.25, 0.3) is 0 Å². The van der Waals surface area contributed by atoms with Crippen molar-refractivity contribution in [2.45, 2.75) is 95.5 Å². The summed E-state index contributed by atoms with van der Waals surface area (Å²) in [5, 5.41) is 0. The van der Waals surface area contributed by atoms with E-state index < -0.39 is 17.5 Å². The summed E-state index contributed by atoms with van der Waals surface area (Å²) >= 11 is 0. The quantitative estimate of drug-likeness (QED) is 0.266. The third kappa shape index (κ3) is 7.62. The summed E-state index contributed by atoms with van der Waals surface area (Å²) in [7, 11) is 0. The highest BCUT2D eigenvalue weighted by Gasteiger charge is 2.36. The number of benzene rings is 2. The van der Waals surface area contributed by atoms with Crippen LogP contribution in [-0.4, -0.2) is 6.61 Å². The van der Waals surface area contributed by atoms with Crippen molar-refractivity contribution in [1.29, 1.82) is 0 Å². The number of hydrogen-bond acceptors (Lipinski definition) is 1. The molecule has 2 aromatic carbocycles. The Morgan fingerprint density at radius 1 is 0.895 bits per heavy atom. The van der Waals surface area contributed by atoms with Gasteiger partial charge >= 0.3 is 6.11 Å². The second kappa shape index (κ2) is 13.6. The second-order valence-corrected chi connectivity index (χ2v) is 11.3. The number of halogens is 3. The van der Waals surface area contributed by atoms with Crippen LogP contribution in [0.2, 0.25) is 0 Å². The topological polar surface area (TPSA) is 9.23 Å². The maximum absolute atomic E-state index is 14.8. The molecule has 2 aliphatic rings. The van der Waals surface area contributed by atoms with Crippen LogP contribution in [-0.2, 0) is 17.3 Å². The summed E-state index contributed by atoms with van der Waals surface area (Å²) in [5.41, 5.74) is 2.42. The molecular formula is C34H43F3O. The van der Waals surface area contributed by atoms with Crippen LogP contribution in [0.25, 0.3) is 0 Å². The van der Waals surface area contributed by atoms with Crippen molar-refractivity contribution in [1.82, 2.24) is 0 Å². The fourth-order valence-corrected chi connectivity index (χ4v) is 6.41. The zero-order chi connectivity index (χ0) is 27.0. The first-order chi connectivity index (χ1) is 18.4. The fourth-order valence-electron chi connectivity index (χ4n) is 6.41. The Morgan fingerprint density at radius 2 is 1.53 bits per heavy atom. The minimum atomic E-state index is -3.66. The van der Waals surface area contributed by atoms with E-state index in [1.165, 1.54) is 49.8 Å². The highest BCUT2D eigenvalue weighted by Crippen LogP contribution is 2.39. The van der Waals surface area contributed by atoms with Gasteiger partial charge in [-0.2, -0.15) is 8.78 Å². The number of alkyl halides is 2. The van der Waals surface area contributed by atoms with E-state index in [4.69, 9.17) is 4.74 Å². The molecule has 2 aromatic rings. The van der Waals surface area contributed by atoms with Gasteiger partial charge in [0.2, 0.25) is 0 Å². The number of rotatable bonds is 11. The summed E-state index contributed by atoms with van der Waals surface area (Å²) in [6.07, 6.45) is 14.3. The molecule has 0 spiro atoms. The maximum Gasteiger partial charge on any atom is 0.386 e. The molecule has 0 radical (unpaired) electrons. The molecule has 0 atom stereocenters. The van der Waals surface area contributed by atoms with Gasteiger partial charge in [-0.25, -0.2) is 4.39 Å². The van der Waals surface area contributed by atoms with Gasteiger partial charge in [0.05, 0.1) is 12.2 Å². The average molecular weight is 525 g/mol. The van der Waals surface area contributed by atoms with Crippen LogP contribution in [0.5, 0.6) is 0 Å². The Hall–Kier alpha value is -2.33. The van der Waals surface area contributed by atoms with Crippen molar-refractivity contribution in [2.24, 2.45) is 11.8 Å². The van der Waals surface area contributed by atoms with Gasteiger partial charge in [-0.1, -0.05) is 48.6 Å². The van der Waals surface area contributed by atoms with Crippen LogP contribution in [0.15, 0.2) is 67.3 Å². The maximum atomic E-state index is 14.8. The number of allylic oxidation sites excluding steroid dienone is 3. The molecule has 1 nitrogen and oxygen atoms in total. The van der Waals surface area contributed by atoms with E-state index in [0.717, 1.165) is 49.1 Å². The molecule has 0 aliphatic heterocycles. The van der Waals surface area contributed by atoms with Crippen molar-refractivity contribution >= 4 is 0 Å². The normalized spacial score (nSPS) is 24.5. The van der Waals surface area contributed by atoms with Crippen LogP contribution in [0, 0.1) is 17.7 Å². The summed E-state index contributed by atoms with van der Waals surface area (Å²) in [4.78, 5) is 0. The Bertz CT molecular complexity index is 1040. The van der Waals surface area contributed by atoms with Crippen molar-refractivity contribution in [3.63, 3.8) is 0 Å². The molecule has 0 aromatic heterocycles. The van der Waals surface area contributed by atoms with E-state index in [-0.39, 0.29) is 12.5 Å². The lowest BCUT2D eigenvalue weighted by molar-refractivity contribution is -0.249. The monoisotopic (exact) mass is 524 g/mol. The zero-order valence-electron chi connectivity index (χ0n) is 22.8. The van der Waals surface area contributed by atoms with E-state index in [0.29, 0.717) is 18.3 Å². The molecule has 2 aliphatic carbocycles. The highest BCUT2D eigenvalue weighted by molar-refractivity contribution is 5.30. The molecule has 0 N–H and O–H groups in total. The Morgan fingerprint density at radius 3 is 2.16 bits per heavy atom. The third-order valence-electron chi connectivity index (χ3n) is 8.77. The van der Waals surface area contributed by atoms with Gasteiger partial charge in [0.15, 0.2) is 0 Å². The number of hydrogen-bond donors (Lipinski definition) is 0. The van der Waals surface area contributed by atoms with E-state index in [2.05, 4.69) is 30.9 Å². The Kier molecular flexibility index (Phi) is 10.3. The SMILES string of the molecule is C=CCCC1CCC(c2ccc(CCOC(F)(F)c3ccc(C4CCC(/C=C/C)CC4)cc3F)cc2)CC1. The van der Waals surface area contributed by atoms with E-state index in [9.17, 15) is 13.2 Å². The van der Waals surface area contributed by atoms with Crippen LogP contribution >= 0.6 is 0 Å². The fraction of sp³-hybridized carbons (Fsp3) is 0.529. The van der Waals surface area contributed by atoms with Crippen molar-refractivity contribution in [3.8, 4) is 0 Å². The highest BCUT2D eigenvalue weighted by atomic mass is 19.3. The van der Waals surface area contributed by atoms with Crippen molar-refractivity contribution < 1.29 is 17.9 Å². The molecule has 0 unspecified atom stereocenters. The van der Waals surface area contributed by atoms with Crippen LogP contribution in [0.4, 0.5) is 13.2 Å². The smallest absolute Gasteiger partial charge is 0.316 e. The summed E-state index contributed by atoms with van der Waals surface area (Å²) < 4.78 is 49.2. The molecule has 0 amide bonds. The molecule has 206 valence electrons. The minimum absolute atomic E-state index is 0.170. The first-order valence-corrected chi connectivity index (χ1v) is 14.5. The molecule has 4 rings (SSSR count). The molecule has 2 fully saturated rings. The second-order valence-electron chi connectivity index (χ2n) is 11.3. The van der Waals surface area contributed by atoms with E-state index >= 15 is 0 Å². The van der Waals surface area contributed by atoms with Gasteiger partial charge in [0, 0.05) is 0 Å². The van der Waals surface area contributed by atoms with Gasteiger partial charge in [0.1, 0.15) is 5.82 Å². The minimum Gasteiger partial charge on any atom is -0.316 e. The molecule has 0 heterocycles. The molecular weight excluding hydrogens is 481 g/mol. The summed E-state index contributed by atoms with van der Waals surface area (Å²) in [6.45, 7) is 5.68. The lowest BCUT2D eigenvalue weighted by Gasteiger charge is -2.28. The van der Waals surface area contributed by atoms with Gasteiger partial charge in [-0.05, 0) is 130 Å². The lowest BCUT2D eigenvalue weighted by atomic mass is 9.77. The first kappa shape index (κ1) is 28.7. The standard InChI is InChI=1S/C34H43F3O/c1-3-5-7-26-10-14-28(15-11-26)29-16-12-27(13-17-29)22-23-38-34(36,37)32-21-20-31(24-33(32)35)30-18-8-25(6-4-2)9-19-30/h3-4,6,12-13,16-17,20-21,24-26,28,30H,1,5,7-11,14-15,18-19,22-23H2,2H3/b6-4+. The van der Waals surface area contributed by atoms with Crippen molar-refractivity contribution in [2.75, 3.05) is 6.61 Å². The van der Waals surface area contributed by atoms with E-state index in [1.807, 2.05) is 25.1 Å². The predicted octanol–water partition coefficient (Wildman–Crippen LogP) is 10.2. The Labute approximate surface area is 227 Å². The summed E-state index contributed by atoms with van der Waals surface area (Å²) in [5.74, 6) is 1.31. The van der Waals surface area contributed by atoms with E-state index in [1.54, 1.807) is 6.07 Å². The van der Waals surface area contributed by atoms with Crippen LogP contribution in [0.1, 0.15) is 105 Å². The van der Waals surface area contributed by atoms with Crippen LogP contribution in [0.3, 0.4) is 0 Å². The molecule has 0 saturated heterocycles. The molecule has 2 saturated carbocycles. The molecule has 4 heteroatoms.